The van der Waals surface area contributed by atoms with Crippen LogP contribution in [-0.2, 0) is 6.18 Å². The Morgan fingerprint density at radius 3 is 2.73 bits per heavy atom. The molecular weight excluding hydrogens is 406 g/mol. The number of alkyl halides is 4. The Morgan fingerprint density at radius 1 is 1.30 bits per heavy atom. The van der Waals surface area contributed by atoms with Gasteiger partial charge in [-0.1, -0.05) is 0 Å². The maximum atomic E-state index is 13.8. The largest absolute Gasteiger partial charge is 0.418 e. The van der Waals surface area contributed by atoms with Crippen LogP contribution >= 0.6 is 0 Å². The van der Waals surface area contributed by atoms with Gasteiger partial charge in [0.1, 0.15) is 18.0 Å². The zero-order valence-corrected chi connectivity index (χ0v) is 15.7. The van der Waals surface area contributed by atoms with Gasteiger partial charge in [-0.05, 0) is 19.1 Å². The van der Waals surface area contributed by atoms with E-state index in [4.69, 9.17) is 5.73 Å². The number of fused-ring (bicyclic) bond motifs is 1. The molecule has 0 saturated carbocycles. The van der Waals surface area contributed by atoms with Gasteiger partial charge in [0.15, 0.2) is 5.82 Å². The first-order chi connectivity index (χ1) is 14.2. The second-order valence-electron chi connectivity index (χ2n) is 6.96. The summed E-state index contributed by atoms with van der Waals surface area (Å²) in [6, 6.07) is 1.58. The van der Waals surface area contributed by atoms with E-state index in [0.29, 0.717) is 5.69 Å². The topological polar surface area (TPSA) is 110 Å². The molecule has 4 N–H and O–H groups in total. The quantitative estimate of drug-likeness (QED) is 0.554. The molecule has 30 heavy (non-hydrogen) atoms. The molecule has 0 radical (unpaired) electrons. The molecule has 158 valence electrons. The summed E-state index contributed by atoms with van der Waals surface area (Å²) in [6.45, 7) is 2.00. The van der Waals surface area contributed by atoms with E-state index in [0.717, 1.165) is 16.9 Å². The number of anilines is 1. The van der Waals surface area contributed by atoms with Crippen LogP contribution in [0.15, 0.2) is 24.7 Å². The summed E-state index contributed by atoms with van der Waals surface area (Å²) in [6.07, 6.45) is -3.54. The minimum absolute atomic E-state index is 0.0406. The fourth-order valence-corrected chi connectivity index (χ4v) is 3.43. The molecule has 3 aromatic rings. The fourth-order valence-electron chi connectivity index (χ4n) is 3.43. The molecular formula is C18H17F4N7O. The first-order valence-corrected chi connectivity index (χ1v) is 8.99. The molecule has 8 nitrogen and oxygen atoms in total. The highest BCUT2D eigenvalue weighted by Gasteiger charge is 2.36. The van der Waals surface area contributed by atoms with Crippen molar-refractivity contribution in [1.82, 2.24) is 30.2 Å². The Bertz CT molecular complexity index is 1130. The van der Waals surface area contributed by atoms with Gasteiger partial charge < -0.3 is 16.4 Å². The van der Waals surface area contributed by atoms with Gasteiger partial charge in [0.05, 0.1) is 28.6 Å². The van der Waals surface area contributed by atoms with Crippen LogP contribution in [0.2, 0.25) is 0 Å². The number of amides is 1. The first-order valence-electron chi connectivity index (χ1n) is 8.99. The minimum atomic E-state index is -4.69. The van der Waals surface area contributed by atoms with Gasteiger partial charge in [-0.25, -0.2) is 13.9 Å². The molecule has 0 spiro atoms. The van der Waals surface area contributed by atoms with E-state index in [9.17, 15) is 22.4 Å². The highest BCUT2D eigenvalue weighted by molar-refractivity contribution is 5.96. The van der Waals surface area contributed by atoms with Crippen LogP contribution < -0.4 is 16.4 Å². The van der Waals surface area contributed by atoms with Crippen molar-refractivity contribution in [3.63, 3.8) is 0 Å². The number of pyridine rings is 1. The van der Waals surface area contributed by atoms with Crippen molar-refractivity contribution in [2.24, 2.45) is 0 Å². The highest BCUT2D eigenvalue weighted by atomic mass is 19.4. The number of aromatic nitrogens is 4. The van der Waals surface area contributed by atoms with Crippen LogP contribution in [0.3, 0.4) is 0 Å². The van der Waals surface area contributed by atoms with Crippen molar-refractivity contribution < 1.29 is 22.4 Å². The van der Waals surface area contributed by atoms with E-state index in [1.165, 1.54) is 12.3 Å². The third-order valence-electron chi connectivity index (χ3n) is 4.97. The van der Waals surface area contributed by atoms with Gasteiger partial charge in [-0.15, -0.1) is 0 Å². The van der Waals surface area contributed by atoms with Gasteiger partial charge in [0.25, 0.3) is 5.91 Å². The lowest BCUT2D eigenvalue weighted by atomic mass is 10.1. The SMILES string of the molecule is Cc1ncc(-c2cc(C(F)(F)F)c3c(N)ncnn23)cc1C(=O)N[C@@H]1CNC[C@@H]1F. The number of carbonyl (C=O) groups excluding carboxylic acids is 1. The molecule has 0 unspecified atom stereocenters. The summed E-state index contributed by atoms with van der Waals surface area (Å²) in [7, 11) is 0. The number of rotatable bonds is 3. The summed E-state index contributed by atoms with van der Waals surface area (Å²) < 4.78 is 55.4. The molecule has 12 heteroatoms. The van der Waals surface area contributed by atoms with Crippen molar-refractivity contribution >= 4 is 17.2 Å². The van der Waals surface area contributed by atoms with Gasteiger partial charge >= 0.3 is 6.18 Å². The van der Waals surface area contributed by atoms with Crippen molar-refractivity contribution in [2.75, 3.05) is 18.8 Å². The molecule has 1 fully saturated rings. The van der Waals surface area contributed by atoms with Crippen molar-refractivity contribution in [1.29, 1.82) is 0 Å². The lowest BCUT2D eigenvalue weighted by Gasteiger charge is -2.15. The molecule has 0 aromatic carbocycles. The summed E-state index contributed by atoms with van der Waals surface area (Å²) in [5, 5.41) is 9.31. The number of carbonyl (C=O) groups is 1. The van der Waals surface area contributed by atoms with Gasteiger partial charge in [0.2, 0.25) is 0 Å². The summed E-state index contributed by atoms with van der Waals surface area (Å²) in [5.41, 5.74) is 5.00. The van der Waals surface area contributed by atoms with Crippen molar-refractivity contribution in [2.45, 2.75) is 25.3 Å². The third-order valence-corrected chi connectivity index (χ3v) is 4.97. The van der Waals surface area contributed by atoms with Gasteiger partial charge in [-0.2, -0.15) is 18.3 Å². The molecule has 1 saturated heterocycles. The Kier molecular flexibility index (Phi) is 4.80. The molecule has 0 bridgehead atoms. The number of nitrogens with one attached hydrogen (secondary N) is 2. The number of halogens is 4. The molecule has 1 aliphatic rings. The molecule has 4 rings (SSSR count). The Labute approximate surface area is 167 Å². The monoisotopic (exact) mass is 423 g/mol. The number of aryl methyl sites for hydroxylation is 1. The van der Waals surface area contributed by atoms with Crippen LogP contribution in [0.4, 0.5) is 23.4 Å². The van der Waals surface area contributed by atoms with Crippen molar-refractivity contribution in [3.8, 4) is 11.3 Å². The lowest BCUT2D eigenvalue weighted by Crippen LogP contribution is -2.41. The summed E-state index contributed by atoms with van der Waals surface area (Å²) in [4.78, 5) is 20.4. The number of nitrogen functional groups attached to an aromatic ring is 1. The van der Waals surface area contributed by atoms with Crippen LogP contribution in [0.1, 0.15) is 21.6 Å². The second kappa shape index (κ2) is 7.20. The predicted octanol–water partition coefficient (Wildman–Crippen LogP) is 1.74. The zero-order chi connectivity index (χ0) is 21.6. The molecule has 0 aliphatic carbocycles. The van der Waals surface area contributed by atoms with E-state index < -0.39 is 29.9 Å². The average molecular weight is 423 g/mol. The minimum Gasteiger partial charge on any atom is -0.382 e. The van der Waals surface area contributed by atoms with Crippen LogP contribution in [-0.4, -0.2) is 50.8 Å². The van der Waals surface area contributed by atoms with Gasteiger partial charge in [-0.3, -0.25) is 9.78 Å². The normalized spacial score (nSPS) is 19.4. The van der Waals surface area contributed by atoms with E-state index in [2.05, 4.69) is 25.7 Å². The predicted molar refractivity (Wildman–Crippen MR) is 99.4 cm³/mol. The van der Waals surface area contributed by atoms with Gasteiger partial charge in [0, 0.05) is 24.8 Å². The molecule has 3 aromatic heterocycles. The Hall–Kier alpha value is -3.28. The van der Waals surface area contributed by atoms with E-state index >= 15 is 0 Å². The molecule has 1 aliphatic heterocycles. The summed E-state index contributed by atoms with van der Waals surface area (Å²) in [5.74, 6) is -0.895. The average Bonchev–Trinajstić information content (AvgIpc) is 3.27. The summed E-state index contributed by atoms with van der Waals surface area (Å²) >= 11 is 0. The fraction of sp³-hybridized carbons (Fsp3) is 0.333. The number of nitrogens with two attached hydrogens (primary N) is 1. The Balaban J connectivity index is 1.79. The Morgan fingerprint density at radius 2 is 2.07 bits per heavy atom. The lowest BCUT2D eigenvalue weighted by molar-refractivity contribution is -0.136. The molecule has 4 heterocycles. The van der Waals surface area contributed by atoms with Crippen LogP contribution in [0.25, 0.3) is 16.8 Å². The maximum Gasteiger partial charge on any atom is 0.418 e. The maximum absolute atomic E-state index is 13.8. The van der Waals surface area contributed by atoms with E-state index in [-0.39, 0.29) is 41.2 Å². The second-order valence-corrected chi connectivity index (χ2v) is 6.96. The van der Waals surface area contributed by atoms with Crippen LogP contribution in [0, 0.1) is 6.92 Å². The number of hydrogen-bond donors (Lipinski definition) is 3. The highest BCUT2D eigenvalue weighted by Crippen LogP contribution is 2.38. The van der Waals surface area contributed by atoms with E-state index in [1.54, 1.807) is 6.92 Å². The van der Waals surface area contributed by atoms with E-state index in [1.807, 2.05) is 0 Å². The zero-order valence-electron chi connectivity index (χ0n) is 15.7. The molecule has 2 atom stereocenters. The number of nitrogens with zero attached hydrogens (tertiary/aromatic N) is 4. The third kappa shape index (κ3) is 3.43. The van der Waals surface area contributed by atoms with Crippen LogP contribution in [0.5, 0.6) is 0 Å². The smallest absolute Gasteiger partial charge is 0.382 e. The molecule has 1 amide bonds. The first kappa shape index (κ1) is 20.0. The van der Waals surface area contributed by atoms with Crippen molar-refractivity contribution in [3.05, 3.63) is 41.5 Å². The standard InChI is InChI=1S/C18H17F4N7O/c1-8-10(17(30)28-13-6-24-5-12(13)19)2-9(4-25-8)14-3-11(18(20,21)22)15-16(23)26-7-27-29(14)15/h2-4,7,12-13,24H,5-6H2,1H3,(H,28,30)(H2,23,26,27)/t12-,13+/m0/s1. The number of hydrogen-bond acceptors (Lipinski definition) is 6.